The Labute approximate surface area is 121 Å². The molecule has 0 atom stereocenters. The van der Waals surface area contributed by atoms with E-state index in [1.54, 1.807) is 37.3 Å². The van der Waals surface area contributed by atoms with E-state index in [2.05, 4.69) is 5.32 Å². The van der Waals surface area contributed by atoms with Crippen molar-refractivity contribution in [1.82, 2.24) is 0 Å². The smallest absolute Gasteiger partial charge is 0.348 e. The van der Waals surface area contributed by atoms with E-state index in [1.165, 1.54) is 6.08 Å². The molecule has 0 saturated carbocycles. The van der Waals surface area contributed by atoms with Crippen LogP contribution >= 0.6 is 11.6 Å². The zero-order valence-electron chi connectivity index (χ0n) is 10.9. The number of halogens is 1. The Balaban J connectivity index is 2.85. The second-order valence-corrected chi connectivity index (χ2v) is 3.96. The fraction of sp³-hybridized carbons (Fsp3) is 0.214. The van der Waals surface area contributed by atoms with Crippen LogP contribution in [0.4, 0.5) is 5.69 Å². The molecule has 1 amide bonds. The van der Waals surface area contributed by atoms with Crippen LogP contribution in [0.1, 0.15) is 12.5 Å². The highest BCUT2D eigenvalue weighted by Gasteiger charge is 2.09. The minimum atomic E-state index is -0.658. The topological polar surface area (TPSA) is 79.2 Å². The van der Waals surface area contributed by atoms with Crippen molar-refractivity contribution in [3.05, 3.63) is 35.4 Å². The molecule has 1 N–H and O–H groups in total. The quantitative estimate of drug-likeness (QED) is 0.391. The van der Waals surface area contributed by atoms with E-state index in [1.807, 2.05) is 0 Å². The maximum absolute atomic E-state index is 11.4. The second-order valence-electron chi connectivity index (χ2n) is 3.69. The first-order valence-corrected chi connectivity index (χ1v) is 6.39. The van der Waals surface area contributed by atoms with Crippen molar-refractivity contribution in [2.75, 3.05) is 17.8 Å². The van der Waals surface area contributed by atoms with Gasteiger partial charge in [0.15, 0.2) is 0 Å². The van der Waals surface area contributed by atoms with Crippen LogP contribution in [0.3, 0.4) is 0 Å². The van der Waals surface area contributed by atoms with E-state index in [4.69, 9.17) is 21.6 Å². The molecule has 104 valence electrons. The number of hydrogen-bond acceptors (Lipinski definition) is 4. The third-order valence-electron chi connectivity index (χ3n) is 2.24. The van der Waals surface area contributed by atoms with Crippen molar-refractivity contribution >= 4 is 35.2 Å². The fourth-order valence-electron chi connectivity index (χ4n) is 1.37. The van der Waals surface area contributed by atoms with Crippen LogP contribution in [0.2, 0.25) is 0 Å². The van der Waals surface area contributed by atoms with Crippen molar-refractivity contribution in [3.8, 4) is 6.07 Å². The Kier molecular flexibility index (Phi) is 6.27. The first-order chi connectivity index (χ1) is 9.60. The predicted molar refractivity (Wildman–Crippen MR) is 76.0 cm³/mol. The minimum absolute atomic E-state index is 0.0793. The van der Waals surface area contributed by atoms with Crippen molar-refractivity contribution < 1.29 is 14.3 Å². The van der Waals surface area contributed by atoms with Gasteiger partial charge in [0.1, 0.15) is 17.5 Å². The lowest BCUT2D eigenvalue weighted by Crippen LogP contribution is -2.12. The molecule has 0 radical (unpaired) electrons. The van der Waals surface area contributed by atoms with Crippen LogP contribution in [0.25, 0.3) is 6.08 Å². The number of alkyl halides is 1. The van der Waals surface area contributed by atoms with Gasteiger partial charge in [-0.15, -0.1) is 11.6 Å². The maximum atomic E-state index is 11.4. The Morgan fingerprint density at radius 3 is 2.55 bits per heavy atom. The Morgan fingerprint density at radius 2 is 2.05 bits per heavy atom. The van der Waals surface area contributed by atoms with Crippen LogP contribution in [-0.2, 0) is 14.3 Å². The summed E-state index contributed by atoms with van der Waals surface area (Å²) in [7, 11) is 0. The lowest BCUT2D eigenvalue weighted by atomic mass is 10.1. The number of benzene rings is 1. The van der Waals surface area contributed by atoms with E-state index in [0.29, 0.717) is 11.3 Å². The number of carbonyl (C=O) groups is 2. The molecule has 0 aromatic heterocycles. The van der Waals surface area contributed by atoms with Gasteiger partial charge in [-0.05, 0) is 30.7 Å². The van der Waals surface area contributed by atoms with E-state index in [-0.39, 0.29) is 24.0 Å². The summed E-state index contributed by atoms with van der Waals surface area (Å²) >= 11 is 5.38. The fourth-order valence-corrected chi connectivity index (χ4v) is 1.44. The van der Waals surface area contributed by atoms with Crippen LogP contribution in [0.5, 0.6) is 0 Å². The second kappa shape index (κ2) is 7.97. The van der Waals surface area contributed by atoms with Gasteiger partial charge in [-0.3, -0.25) is 4.79 Å². The predicted octanol–water partition coefficient (Wildman–Crippen LogP) is 2.33. The molecule has 0 aliphatic carbocycles. The number of nitrogens with one attached hydrogen (secondary N) is 1. The van der Waals surface area contributed by atoms with Gasteiger partial charge in [-0.25, -0.2) is 4.79 Å². The SMILES string of the molecule is CCOC(=O)/C(C#N)=C/c1ccc(NC(=O)CCl)cc1. The summed E-state index contributed by atoms with van der Waals surface area (Å²) in [5, 5.41) is 11.5. The Morgan fingerprint density at radius 1 is 1.40 bits per heavy atom. The lowest BCUT2D eigenvalue weighted by Gasteiger charge is -2.03. The zero-order valence-corrected chi connectivity index (χ0v) is 11.6. The molecule has 0 saturated heterocycles. The van der Waals surface area contributed by atoms with E-state index < -0.39 is 5.97 Å². The number of rotatable bonds is 5. The number of carbonyl (C=O) groups excluding carboxylic acids is 2. The summed E-state index contributed by atoms with van der Waals surface area (Å²) in [5.74, 6) is -1.09. The highest BCUT2D eigenvalue weighted by molar-refractivity contribution is 6.29. The normalized spacial score (nSPS) is 10.6. The molecule has 5 nitrogen and oxygen atoms in total. The van der Waals surface area contributed by atoms with E-state index in [9.17, 15) is 9.59 Å². The number of ether oxygens (including phenoxy) is 1. The third-order valence-corrected chi connectivity index (χ3v) is 2.49. The van der Waals surface area contributed by atoms with Crippen LogP contribution in [0.15, 0.2) is 29.8 Å². The molecule has 0 fully saturated rings. The standard InChI is InChI=1S/C14H13ClN2O3/c1-2-20-14(19)11(9-16)7-10-3-5-12(6-4-10)17-13(18)8-15/h3-7H,2,8H2,1H3,(H,17,18)/b11-7+. The number of amides is 1. The molecule has 0 unspecified atom stereocenters. The van der Waals surface area contributed by atoms with Gasteiger partial charge in [0.25, 0.3) is 0 Å². The largest absolute Gasteiger partial charge is 0.462 e. The van der Waals surface area contributed by atoms with Crippen LogP contribution in [0, 0.1) is 11.3 Å². The van der Waals surface area contributed by atoms with Crippen molar-refractivity contribution in [2.45, 2.75) is 6.92 Å². The Hall–Kier alpha value is -2.32. The summed E-state index contributed by atoms with van der Waals surface area (Å²) in [6.45, 7) is 1.88. The average Bonchev–Trinajstić information content (AvgIpc) is 2.46. The summed E-state index contributed by atoms with van der Waals surface area (Å²) in [6, 6.07) is 8.42. The molecule has 1 aromatic rings. The van der Waals surface area contributed by atoms with Gasteiger partial charge >= 0.3 is 5.97 Å². The molecule has 0 heterocycles. The highest BCUT2D eigenvalue weighted by atomic mass is 35.5. The maximum Gasteiger partial charge on any atom is 0.348 e. The van der Waals surface area contributed by atoms with Crippen LogP contribution in [-0.4, -0.2) is 24.4 Å². The van der Waals surface area contributed by atoms with E-state index >= 15 is 0 Å². The van der Waals surface area contributed by atoms with Gasteiger partial charge in [-0.2, -0.15) is 5.26 Å². The molecule has 1 rings (SSSR count). The van der Waals surface area contributed by atoms with Gasteiger partial charge in [-0.1, -0.05) is 12.1 Å². The highest BCUT2D eigenvalue weighted by Crippen LogP contribution is 2.13. The summed E-state index contributed by atoms with van der Waals surface area (Å²) in [5.41, 5.74) is 1.16. The molecule has 1 aromatic carbocycles. The monoisotopic (exact) mass is 292 g/mol. The number of hydrogen-bond donors (Lipinski definition) is 1. The summed E-state index contributed by atoms with van der Waals surface area (Å²) in [4.78, 5) is 22.5. The molecule has 0 spiro atoms. The van der Waals surface area contributed by atoms with Crippen molar-refractivity contribution in [3.63, 3.8) is 0 Å². The van der Waals surface area contributed by atoms with E-state index in [0.717, 1.165) is 0 Å². The number of anilines is 1. The van der Waals surface area contributed by atoms with Crippen LogP contribution < -0.4 is 5.32 Å². The lowest BCUT2D eigenvalue weighted by molar-refractivity contribution is -0.137. The first kappa shape index (κ1) is 15.7. The third kappa shape index (κ3) is 4.75. The zero-order chi connectivity index (χ0) is 15.0. The average molecular weight is 293 g/mol. The first-order valence-electron chi connectivity index (χ1n) is 5.85. The van der Waals surface area contributed by atoms with Crippen molar-refractivity contribution in [2.24, 2.45) is 0 Å². The summed E-state index contributed by atoms with van der Waals surface area (Å²) < 4.78 is 4.76. The molecule has 0 aliphatic rings. The van der Waals surface area contributed by atoms with Gasteiger partial charge in [0, 0.05) is 5.69 Å². The summed E-state index contributed by atoms with van der Waals surface area (Å²) in [6.07, 6.45) is 1.42. The molecular formula is C14H13ClN2O3. The molecule has 20 heavy (non-hydrogen) atoms. The van der Waals surface area contributed by atoms with Gasteiger partial charge in [0.05, 0.1) is 6.61 Å². The molecule has 0 bridgehead atoms. The Bertz CT molecular complexity index is 559. The number of nitrogens with zero attached hydrogens (tertiary/aromatic N) is 1. The van der Waals surface area contributed by atoms with Gasteiger partial charge in [0.2, 0.25) is 5.91 Å². The molecule has 6 heteroatoms. The molecular weight excluding hydrogens is 280 g/mol. The molecule has 0 aliphatic heterocycles. The minimum Gasteiger partial charge on any atom is -0.462 e. The van der Waals surface area contributed by atoms with Gasteiger partial charge < -0.3 is 10.1 Å². The number of nitriles is 1. The van der Waals surface area contributed by atoms with Crippen molar-refractivity contribution in [1.29, 1.82) is 5.26 Å². The number of esters is 1.